The monoisotopic (exact) mass is 277 g/mol. The van der Waals surface area contributed by atoms with E-state index in [1.54, 1.807) is 12.1 Å². The van der Waals surface area contributed by atoms with Gasteiger partial charge in [0.05, 0.1) is 0 Å². The zero-order valence-corrected chi connectivity index (χ0v) is 12.0. The molecule has 0 aromatic heterocycles. The Bertz CT molecular complexity index is 463. The second-order valence-electron chi connectivity index (χ2n) is 5.94. The molecule has 20 heavy (non-hydrogen) atoms. The highest BCUT2D eigenvalue weighted by Gasteiger charge is 2.29. The summed E-state index contributed by atoms with van der Waals surface area (Å²) in [6.07, 6.45) is 4.55. The summed E-state index contributed by atoms with van der Waals surface area (Å²) in [5.74, 6) is -0.158. The van der Waals surface area contributed by atoms with Crippen LogP contribution in [-0.4, -0.2) is 43.7 Å². The first kappa shape index (κ1) is 13.8. The standard InChI is InChI=1S/C16H24FN3/c17-14-4-5-16(13(11-14)6-7-18)20-10-2-9-19-8-1-3-15(19)12-20/h4-5,11,15H,1-3,6-10,12,18H2. The van der Waals surface area contributed by atoms with Crippen LogP contribution in [0, 0.1) is 5.82 Å². The molecular weight excluding hydrogens is 253 g/mol. The lowest BCUT2D eigenvalue weighted by Gasteiger charge is -2.29. The smallest absolute Gasteiger partial charge is 0.123 e. The van der Waals surface area contributed by atoms with Crippen molar-refractivity contribution in [2.45, 2.75) is 31.7 Å². The van der Waals surface area contributed by atoms with Crippen molar-refractivity contribution in [2.24, 2.45) is 5.73 Å². The maximum Gasteiger partial charge on any atom is 0.123 e. The molecule has 0 bridgehead atoms. The van der Waals surface area contributed by atoms with Gasteiger partial charge in [-0.05, 0) is 62.5 Å². The number of hydrogen-bond donors (Lipinski definition) is 1. The molecule has 3 nitrogen and oxygen atoms in total. The van der Waals surface area contributed by atoms with Crippen molar-refractivity contribution >= 4 is 5.69 Å². The molecule has 1 aromatic carbocycles. The minimum atomic E-state index is -0.158. The lowest BCUT2D eigenvalue weighted by Crippen LogP contribution is -2.37. The Hall–Kier alpha value is -1.13. The van der Waals surface area contributed by atoms with E-state index in [1.807, 2.05) is 6.07 Å². The van der Waals surface area contributed by atoms with Gasteiger partial charge in [0.2, 0.25) is 0 Å². The summed E-state index contributed by atoms with van der Waals surface area (Å²) in [5.41, 5.74) is 7.92. The fraction of sp³-hybridized carbons (Fsp3) is 0.625. The number of nitrogens with two attached hydrogens (primary N) is 1. The molecular formula is C16H24FN3. The van der Waals surface area contributed by atoms with Crippen LogP contribution in [0.15, 0.2) is 18.2 Å². The molecule has 3 rings (SSSR count). The summed E-state index contributed by atoms with van der Waals surface area (Å²) in [6, 6.07) is 5.84. The first-order valence-electron chi connectivity index (χ1n) is 7.75. The number of rotatable bonds is 3. The third kappa shape index (κ3) is 2.81. The molecule has 0 radical (unpaired) electrons. The Morgan fingerprint density at radius 2 is 2.05 bits per heavy atom. The van der Waals surface area contributed by atoms with Gasteiger partial charge < -0.3 is 10.6 Å². The molecule has 4 heteroatoms. The van der Waals surface area contributed by atoms with Crippen molar-refractivity contribution in [1.82, 2.24) is 4.90 Å². The van der Waals surface area contributed by atoms with E-state index in [0.29, 0.717) is 12.6 Å². The van der Waals surface area contributed by atoms with Crippen molar-refractivity contribution in [3.05, 3.63) is 29.6 Å². The second-order valence-corrected chi connectivity index (χ2v) is 5.94. The van der Waals surface area contributed by atoms with Crippen LogP contribution in [0.25, 0.3) is 0 Å². The third-order valence-electron chi connectivity index (χ3n) is 4.60. The maximum atomic E-state index is 13.5. The number of fused-ring (bicyclic) bond motifs is 1. The minimum absolute atomic E-state index is 0.158. The Morgan fingerprint density at radius 1 is 1.20 bits per heavy atom. The first-order chi connectivity index (χ1) is 9.78. The lowest BCUT2D eigenvalue weighted by atomic mass is 10.1. The molecule has 0 saturated carbocycles. The van der Waals surface area contributed by atoms with Crippen molar-refractivity contribution in [3.63, 3.8) is 0 Å². The zero-order chi connectivity index (χ0) is 13.9. The van der Waals surface area contributed by atoms with Gasteiger partial charge >= 0.3 is 0 Å². The van der Waals surface area contributed by atoms with Crippen LogP contribution in [0.1, 0.15) is 24.8 Å². The molecule has 2 aliphatic heterocycles. The van der Waals surface area contributed by atoms with Crippen LogP contribution in [0.3, 0.4) is 0 Å². The highest BCUT2D eigenvalue weighted by Crippen LogP contribution is 2.28. The van der Waals surface area contributed by atoms with Crippen LogP contribution < -0.4 is 10.6 Å². The largest absolute Gasteiger partial charge is 0.370 e. The van der Waals surface area contributed by atoms with Crippen molar-refractivity contribution in [2.75, 3.05) is 37.6 Å². The highest BCUT2D eigenvalue weighted by atomic mass is 19.1. The van der Waals surface area contributed by atoms with Crippen LogP contribution in [-0.2, 0) is 6.42 Å². The van der Waals surface area contributed by atoms with Gasteiger partial charge in [-0.15, -0.1) is 0 Å². The van der Waals surface area contributed by atoms with Gasteiger partial charge in [-0.25, -0.2) is 4.39 Å². The molecule has 1 atom stereocenters. The van der Waals surface area contributed by atoms with Crippen molar-refractivity contribution < 1.29 is 4.39 Å². The molecule has 0 spiro atoms. The Kier molecular flexibility index (Phi) is 4.22. The van der Waals surface area contributed by atoms with Gasteiger partial charge in [-0.2, -0.15) is 0 Å². The number of benzene rings is 1. The quantitative estimate of drug-likeness (QED) is 0.917. The molecule has 2 heterocycles. The van der Waals surface area contributed by atoms with Gasteiger partial charge in [0.15, 0.2) is 0 Å². The Morgan fingerprint density at radius 3 is 2.90 bits per heavy atom. The van der Waals surface area contributed by atoms with Crippen LogP contribution >= 0.6 is 0 Å². The fourth-order valence-corrected chi connectivity index (χ4v) is 3.64. The van der Waals surface area contributed by atoms with Crippen LogP contribution in [0.5, 0.6) is 0 Å². The highest BCUT2D eigenvalue weighted by molar-refractivity contribution is 5.54. The average molecular weight is 277 g/mol. The molecule has 2 aliphatic rings. The topological polar surface area (TPSA) is 32.5 Å². The van der Waals surface area contributed by atoms with Gasteiger partial charge in [0.25, 0.3) is 0 Å². The van der Waals surface area contributed by atoms with Gasteiger partial charge in [-0.1, -0.05) is 0 Å². The molecule has 1 aromatic rings. The predicted octanol–water partition coefficient (Wildman–Crippen LogP) is 2.00. The Balaban J connectivity index is 1.83. The molecule has 110 valence electrons. The van der Waals surface area contributed by atoms with E-state index in [-0.39, 0.29) is 5.82 Å². The zero-order valence-electron chi connectivity index (χ0n) is 12.0. The van der Waals surface area contributed by atoms with Gasteiger partial charge in [-0.3, -0.25) is 4.90 Å². The first-order valence-corrected chi connectivity index (χ1v) is 7.75. The lowest BCUT2D eigenvalue weighted by molar-refractivity contribution is 0.273. The number of anilines is 1. The summed E-state index contributed by atoms with van der Waals surface area (Å²) in [7, 11) is 0. The summed E-state index contributed by atoms with van der Waals surface area (Å²) in [6.45, 7) is 5.16. The van der Waals surface area contributed by atoms with Crippen LogP contribution in [0.4, 0.5) is 10.1 Å². The number of hydrogen-bond acceptors (Lipinski definition) is 3. The fourth-order valence-electron chi connectivity index (χ4n) is 3.64. The van der Waals surface area contributed by atoms with E-state index in [2.05, 4.69) is 9.80 Å². The molecule has 0 amide bonds. The van der Waals surface area contributed by atoms with E-state index in [4.69, 9.17) is 5.73 Å². The van der Waals surface area contributed by atoms with Crippen molar-refractivity contribution in [1.29, 1.82) is 0 Å². The SMILES string of the molecule is NCCc1cc(F)ccc1N1CCCN2CCCC2C1. The summed E-state index contributed by atoms with van der Waals surface area (Å²) in [4.78, 5) is 5.06. The summed E-state index contributed by atoms with van der Waals surface area (Å²) < 4.78 is 13.5. The molecule has 1 unspecified atom stereocenters. The molecule has 2 saturated heterocycles. The molecule has 0 aliphatic carbocycles. The van der Waals surface area contributed by atoms with Gasteiger partial charge in [0.1, 0.15) is 5.82 Å². The van der Waals surface area contributed by atoms with Crippen LogP contribution in [0.2, 0.25) is 0 Å². The van der Waals surface area contributed by atoms with E-state index in [9.17, 15) is 4.39 Å². The predicted molar refractivity (Wildman–Crippen MR) is 80.6 cm³/mol. The minimum Gasteiger partial charge on any atom is -0.370 e. The van der Waals surface area contributed by atoms with E-state index in [1.165, 1.54) is 38.0 Å². The third-order valence-corrected chi connectivity index (χ3v) is 4.60. The van der Waals surface area contributed by atoms with E-state index < -0.39 is 0 Å². The van der Waals surface area contributed by atoms with Crippen molar-refractivity contribution in [3.8, 4) is 0 Å². The number of nitrogens with zero attached hydrogens (tertiary/aromatic N) is 2. The second kappa shape index (κ2) is 6.10. The molecule has 2 N–H and O–H groups in total. The summed E-state index contributed by atoms with van der Waals surface area (Å²) >= 11 is 0. The van der Waals surface area contributed by atoms with E-state index >= 15 is 0 Å². The Labute approximate surface area is 120 Å². The summed E-state index contributed by atoms with van der Waals surface area (Å²) in [5, 5.41) is 0. The average Bonchev–Trinajstić information content (AvgIpc) is 2.77. The maximum absolute atomic E-state index is 13.5. The van der Waals surface area contributed by atoms with Gasteiger partial charge in [0, 0.05) is 31.4 Å². The number of halogens is 1. The normalized spacial score (nSPS) is 23.7. The molecule has 2 fully saturated rings. The van der Waals surface area contributed by atoms with E-state index in [0.717, 1.165) is 25.1 Å².